The molecule has 1 fully saturated rings. The second-order valence-electron chi connectivity index (χ2n) is 8.71. The van der Waals surface area contributed by atoms with Crippen molar-refractivity contribution < 1.29 is 14.3 Å². The van der Waals surface area contributed by atoms with Crippen LogP contribution in [0.3, 0.4) is 0 Å². The third kappa shape index (κ3) is 4.78. The molecule has 0 radical (unpaired) electrons. The molecule has 0 bridgehead atoms. The van der Waals surface area contributed by atoms with E-state index in [0.29, 0.717) is 32.5 Å². The Morgan fingerprint density at radius 2 is 2.03 bits per heavy atom. The van der Waals surface area contributed by atoms with Crippen molar-refractivity contribution in [2.45, 2.75) is 44.6 Å². The van der Waals surface area contributed by atoms with E-state index in [2.05, 4.69) is 10.2 Å². The molecule has 1 saturated heterocycles. The van der Waals surface area contributed by atoms with E-state index in [-0.39, 0.29) is 12.0 Å². The number of carbonyl (C=O) groups excluding carboxylic acids is 1. The standard InChI is InChI=1S/C26H30N4O3/c1-32-19-11-9-18(10-12-19)21-7-4-8-24(27-21)25-17-30(15-16-33-25)26(31)14-13-23-20-5-2-3-6-22(20)28-29-23/h4,7-12,25H,2-3,5-6,13-17H2,1H3,(H,28,29)/t25-/m0/s1. The average Bonchev–Trinajstić information content (AvgIpc) is 3.30. The predicted octanol–water partition coefficient (Wildman–Crippen LogP) is 3.89. The highest BCUT2D eigenvalue weighted by Gasteiger charge is 2.27. The molecule has 1 atom stereocenters. The quantitative estimate of drug-likeness (QED) is 0.621. The molecule has 1 aliphatic heterocycles. The van der Waals surface area contributed by atoms with Crippen molar-refractivity contribution in [1.82, 2.24) is 20.1 Å². The lowest BCUT2D eigenvalue weighted by Crippen LogP contribution is -2.42. The number of rotatable bonds is 6. The summed E-state index contributed by atoms with van der Waals surface area (Å²) in [6.45, 7) is 1.66. The van der Waals surface area contributed by atoms with E-state index < -0.39 is 0 Å². The molecule has 3 heterocycles. The van der Waals surface area contributed by atoms with Gasteiger partial charge in [-0.05, 0) is 67.6 Å². The van der Waals surface area contributed by atoms with Gasteiger partial charge in [0.1, 0.15) is 11.9 Å². The molecule has 0 saturated carbocycles. The number of hydrogen-bond donors (Lipinski definition) is 1. The average molecular weight is 447 g/mol. The number of fused-ring (bicyclic) bond motifs is 1. The van der Waals surface area contributed by atoms with Crippen molar-refractivity contribution in [3.63, 3.8) is 0 Å². The van der Waals surface area contributed by atoms with Crippen LogP contribution in [0.25, 0.3) is 11.3 Å². The van der Waals surface area contributed by atoms with E-state index >= 15 is 0 Å². The summed E-state index contributed by atoms with van der Waals surface area (Å²) in [6, 6.07) is 13.8. The van der Waals surface area contributed by atoms with Crippen LogP contribution in [0.2, 0.25) is 0 Å². The van der Waals surface area contributed by atoms with Crippen molar-refractivity contribution in [1.29, 1.82) is 0 Å². The number of amides is 1. The van der Waals surface area contributed by atoms with Crippen molar-refractivity contribution in [3.8, 4) is 17.0 Å². The second kappa shape index (κ2) is 9.75. The van der Waals surface area contributed by atoms with Gasteiger partial charge in [0.25, 0.3) is 0 Å². The van der Waals surface area contributed by atoms with E-state index in [1.54, 1.807) is 7.11 Å². The second-order valence-corrected chi connectivity index (χ2v) is 8.71. The Bertz CT molecular complexity index is 1110. The number of morpholine rings is 1. The molecule has 1 N–H and O–H groups in total. The summed E-state index contributed by atoms with van der Waals surface area (Å²) in [5.41, 5.74) is 6.42. The molecule has 1 amide bonds. The van der Waals surface area contributed by atoms with E-state index in [1.165, 1.54) is 24.1 Å². The largest absolute Gasteiger partial charge is 0.497 e. The Balaban J connectivity index is 1.23. The minimum atomic E-state index is -0.223. The summed E-state index contributed by atoms with van der Waals surface area (Å²) >= 11 is 0. The van der Waals surface area contributed by atoms with E-state index in [1.807, 2.05) is 47.4 Å². The number of ether oxygens (including phenoxy) is 2. The number of aryl methyl sites for hydroxylation is 2. The molecule has 172 valence electrons. The Kier molecular flexibility index (Phi) is 6.39. The van der Waals surface area contributed by atoms with Crippen LogP contribution in [-0.4, -0.2) is 52.8 Å². The molecule has 7 nitrogen and oxygen atoms in total. The summed E-state index contributed by atoms with van der Waals surface area (Å²) < 4.78 is 11.2. The van der Waals surface area contributed by atoms with E-state index in [0.717, 1.165) is 41.2 Å². The number of nitrogens with zero attached hydrogens (tertiary/aromatic N) is 3. The molecule has 7 heteroatoms. The number of methoxy groups -OCH3 is 1. The Morgan fingerprint density at radius 3 is 2.88 bits per heavy atom. The zero-order chi connectivity index (χ0) is 22.6. The smallest absolute Gasteiger partial charge is 0.223 e. The molecule has 2 aliphatic rings. The van der Waals surface area contributed by atoms with Gasteiger partial charge < -0.3 is 14.4 Å². The summed E-state index contributed by atoms with van der Waals surface area (Å²) in [5.74, 6) is 0.970. The van der Waals surface area contributed by atoms with Crippen LogP contribution < -0.4 is 4.74 Å². The summed E-state index contributed by atoms with van der Waals surface area (Å²) in [4.78, 5) is 19.7. The molecule has 5 rings (SSSR count). The highest BCUT2D eigenvalue weighted by molar-refractivity contribution is 5.76. The highest BCUT2D eigenvalue weighted by Crippen LogP contribution is 2.27. The van der Waals surface area contributed by atoms with Crippen molar-refractivity contribution in [3.05, 3.63) is 65.1 Å². The van der Waals surface area contributed by atoms with Gasteiger partial charge in [-0.25, -0.2) is 4.98 Å². The Morgan fingerprint density at radius 1 is 1.18 bits per heavy atom. The first-order valence-electron chi connectivity index (χ1n) is 11.8. The minimum absolute atomic E-state index is 0.155. The maximum Gasteiger partial charge on any atom is 0.223 e. The zero-order valence-corrected chi connectivity index (χ0v) is 19.0. The van der Waals surface area contributed by atoms with Gasteiger partial charge in [0.15, 0.2) is 0 Å². The maximum absolute atomic E-state index is 13.0. The molecule has 0 unspecified atom stereocenters. The number of pyridine rings is 1. The normalized spacial score (nSPS) is 18.1. The number of hydrogen-bond acceptors (Lipinski definition) is 5. The van der Waals surface area contributed by atoms with Gasteiger partial charge in [-0.2, -0.15) is 5.10 Å². The topological polar surface area (TPSA) is 80.3 Å². The number of carbonyl (C=O) groups is 1. The first kappa shape index (κ1) is 21.6. The number of H-pyrrole nitrogens is 1. The lowest BCUT2D eigenvalue weighted by molar-refractivity contribution is -0.139. The molecule has 0 spiro atoms. The van der Waals surface area contributed by atoms with Crippen LogP contribution in [0, 0.1) is 0 Å². The predicted molar refractivity (Wildman–Crippen MR) is 125 cm³/mol. The van der Waals surface area contributed by atoms with Gasteiger partial charge in [-0.3, -0.25) is 9.89 Å². The molecule has 33 heavy (non-hydrogen) atoms. The first-order chi connectivity index (χ1) is 16.2. The van der Waals surface area contributed by atoms with Crippen LogP contribution in [-0.2, 0) is 28.8 Å². The fourth-order valence-electron chi connectivity index (χ4n) is 4.75. The van der Waals surface area contributed by atoms with Crippen molar-refractivity contribution in [2.24, 2.45) is 0 Å². The lowest BCUT2D eigenvalue weighted by Gasteiger charge is -2.33. The van der Waals surface area contributed by atoms with Crippen LogP contribution in [0.15, 0.2) is 42.5 Å². The Labute approximate surface area is 194 Å². The molecular weight excluding hydrogens is 416 g/mol. The maximum atomic E-state index is 13.0. The zero-order valence-electron chi connectivity index (χ0n) is 19.0. The Hall–Kier alpha value is -3.19. The monoisotopic (exact) mass is 446 g/mol. The molecule has 3 aromatic rings. The van der Waals surface area contributed by atoms with Crippen LogP contribution in [0.5, 0.6) is 5.75 Å². The number of aromatic nitrogens is 3. The van der Waals surface area contributed by atoms with Gasteiger partial charge in [0, 0.05) is 30.6 Å². The van der Waals surface area contributed by atoms with Crippen LogP contribution in [0.4, 0.5) is 0 Å². The minimum Gasteiger partial charge on any atom is -0.497 e. The fourth-order valence-corrected chi connectivity index (χ4v) is 4.75. The van der Waals surface area contributed by atoms with Gasteiger partial charge in [-0.1, -0.05) is 6.07 Å². The lowest BCUT2D eigenvalue weighted by atomic mass is 9.94. The van der Waals surface area contributed by atoms with E-state index in [9.17, 15) is 4.79 Å². The van der Waals surface area contributed by atoms with Crippen molar-refractivity contribution >= 4 is 5.91 Å². The third-order valence-electron chi connectivity index (χ3n) is 6.62. The fraction of sp³-hybridized carbons (Fsp3) is 0.423. The van der Waals surface area contributed by atoms with Gasteiger partial charge in [0.2, 0.25) is 5.91 Å². The van der Waals surface area contributed by atoms with E-state index in [4.69, 9.17) is 14.5 Å². The first-order valence-corrected chi connectivity index (χ1v) is 11.8. The number of aromatic amines is 1. The third-order valence-corrected chi connectivity index (χ3v) is 6.62. The highest BCUT2D eigenvalue weighted by atomic mass is 16.5. The summed E-state index contributed by atoms with van der Waals surface area (Å²) in [5, 5.41) is 7.66. The summed E-state index contributed by atoms with van der Waals surface area (Å²) in [6.07, 6.45) is 5.52. The number of nitrogens with one attached hydrogen (secondary N) is 1. The molecule has 1 aromatic carbocycles. The summed E-state index contributed by atoms with van der Waals surface area (Å²) in [7, 11) is 1.66. The van der Waals surface area contributed by atoms with Crippen LogP contribution >= 0.6 is 0 Å². The van der Waals surface area contributed by atoms with Crippen molar-refractivity contribution in [2.75, 3.05) is 26.8 Å². The molecule has 2 aromatic heterocycles. The van der Waals surface area contributed by atoms with Gasteiger partial charge in [-0.15, -0.1) is 0 Å². The van der Waals surface area contributed by atoms with Crippen LogP contribution in [0.1, 0.15) is 48.0 Å². The van der Waals surface area contributed by atoms with Gasteiger partial charge >= 0.3 is 0 Å². The molecule has 1 aliphatic carbocycles. The number of benzene rings is 1. The van der Waals surface area contributed by atoms with Gasteiger partial charge in [0.05, 0.1) is 37.3 Å². The molecular formula is C26H30N4O3. The SMILES string of the molecule is COc1ccc(-c2cccc([C@@H]3CN(C(=O)CCc4n[nH]c5c4CCCC5)CCO3)n2)cc1.